The second-order valence-corrected chi connectivity index (χ2v) is 7.05. The Morgan fingerprint density at radius 1 is 1.37 bits per heavy atom. The van der Waals surface area contributed by atoms with E-state index in [0.29, 0.717) is 5.25 Å². The molecule has 0 aliphatic carbocycles. The lowest BCUT2D eigenvalue weighted by atomic mass is 10.2. The molecule has 1 N–H and O–H groups in total. The van der Waals surface area contributed by atoms with Crippen molar-refractivity contribution in [1.82, 2.24) is 15.1 Å². The number of urea groups is 1. The molecule has 5 heteroatoms. The third kappa shape index (κ3) is 5.22. The molecule has 0 bridgehead atoms. The highest BCUT2D eigenvalue weighted by Gasteiger charge is 2.17. The number of rotatable bonds is 6. The van der Waals surface area contributed by atoms with Gasteiger partial charge in [0.25, 0.3) is 0 Å². The predicted molar refractivity (Wildman–Crippen MR) is 81.8 cm³/mol. The number of amides is 2. The fourth-order valence-corrected chi connectivity index (χ4v) is 3.98. The second kappa shape index (κ2) is 8.00. The number of nitrogens with zero attached hydrogens (tertiary/aromatic N) is 2. The molecule has 0 radical (unpaired) electrons. The Kier molecular flexibility index (Phi) is 6.31. The highest BCUT2D eigenvalue weighted by atomic mass is 32.2. The lowest BCUT2D eigenvalue weighted by molar-refractivity contribution is 0.205. The summed E-state index contributed by atoms with van der Waals surface area (Å²) >= 11 is 1.99. The molecule has 0 spiro atoms. The third-order valence-corrected chi connectivity index (χ3v) is 5.42. The van der Waals surface area contributed by atoms with Crippen molar-refractivity contribution in [2.24, 2.45) is 0 Å². The number of carbonyl (C=O) groups excluding carboxylic acids is 1. The highest BCUT2D eigenvalue weighted by Crippen LogP contribution is 2.25. The molecule has 2 rings (SSSR count). The van der Waals surface area contributed by atoms with Crippen molar-refractivity contribution >= 4 is 17.8 Å². The third-order valence-electron chi connectivity index (χ3n) is 4.02. The van der Waals surface area contributed by atoms with Crippen molar-refractivity contribution in [3.05, 3.63) is 0 Å². The van der Waals surface area contributed by atoms with Crippen LogP contribution >= 0.6 is 11.8 Å². The number of nitrogens with one attached hydrogen (secondary N) is 1. The van der Waals surface area contributed by atoms with Gasteiger partial charge in [-0.15, -0.1) is 0 Å². The van der Waals surface area contributed by atoms with E-state index in [1.165, 1.54) is 44.5 Å². The number of carbonyl (C=O) groups is 1. The van der Waals surface area contributed by atoms with Crippen LogP contribution in [0.25, 0.3) is 0 Å². The maximum Gasteiger partial charge on any atom is 0.317 e. The monoisotopic (exact) mass is 285 g/mol. The summed E-state index contributed by atoms with van der Waals surface area (Å²) in [4.78, 5) is 16.2. The zero-order valence-electron chi connectivity index (χ0n) is 12.1. The minimum atomic E-state index is 0.0916. The molecule has 2 amide bonds. The summed E-state index contributed by atoms with van der Waals surface area (Å²) in [5, 5.41) is 3.70. The van der Waals surface area contributed by atoms with Crippen molar-refractivity contribution in [3.8, 4) is 0 Å². The van der Waals surface area contributed by atoms with Crippen molar-refractivity contribution in [3.63, 3.8) is 0 Å². The number of hydrogen-bond donors (Lipinski definition) is 1. The highest BCUT2D eigenvalue weighted by molar-refractivity contribution is 8.00. The van der Waals surface area contributed by atoms with E-state index in [-0.39, 0.29) is 6.03 Å². The molecule has 19 heavy (non-hydrogen) atoms. The molecule has 1 atom stereocenters. The van der Waals surface area contributed by atoms with Crippen LogP contribution in [0.1, 0.15) is 32.1 Å². The summed E-state index contributed by atoms with van der Waals surface area (Å²) in [6.07, 6.45) is 6.33. The van der Waals surface area contributed by atoms with Crippen LogP contribution in [0, 0.1) is 0 Å². The Balaban J connectivity index is 1.53. The molecule has 0 aromatic carbocycles. The fourth-order valence-electron chi connectivity index (χ4n) is 2.78. The first kappa shape index (κ1) is 15.0. The molecule has 2 saturated heterocycles. The van der Waals surface area contributed by atoms with Gasteiger partial charge in [-0.25, -0.2) is 4.79 Å². The van der Waals surface area contributed by atoms with E-state index in [4.69, 9.17) is 0 Å². The Bertz CT molecular complexity index is 276. The largest absolute Gasteiger partial charge is 0.337 e. The first-order valence-corrected chi connectivity index (χ1v) is 8.63. The lowest BCUT2D eigenvalue weighted by Crippen LogP contribution is -2.41. The zero-order valence-corrected chi connectivity index (χ0v) is 12.9. The molecule has 2 fully saturated rings. The van der Waals surface area contributed by atoms with Crippen molar-refractivity contribution < 1.29 is 4.79 Å². The van der Waals surface area contributed by atoms with E-state index in [1.54, 1.807) is 0 Å². The topological polar surface area (TPSA) is 35.6 Å². The smallest absolute Gasteiger partial charge is 0.317 e. The van der Waals surface area contributed by atoms with Crippen LogP contribution in [0.3, 0.4) is 0 Å². The van der Waals surface area contributed by atoms with Crippen LogP contribution in [0.15, 0.2) is 0 Å². The van der Waals surface area contributed by atoms with Crippen LogP contribution in [0.2, 0.25) is 0 Å². The number of hydrogen-bond acceptors (Lipinski definition) is 3. The average molecular weight is 285 g/mol. The molecule has 4 nitrogen and oxygen atoms in total. The summed E-state index contributed by atoms with van der Waals surface area (Å²) in [5.74, 6) is 1.26. The standard InChI is InChI=1S/C14H27N3OS/c1-16(7-5-10-17-8-2-3-9-17)14(18)15-12-13-6-4-11-19-13/h13H,2-12H2,1H3,(H,15,18)/t13-/m0/s1. The van der Waals surface area contributed by atoms with Crippen LogP contribution in [-0.2, 0) is 0 Å². The van der Waals surface area contributed by atoms with Gasteiger partial charge in [-0.05, 0) is 57.5 Å². The van der Waals surface area contributed by atoms with E-state index in [2.05, 4.69) is 10.2 Å². The Labute approximate surface area is 121 Å². The van der Waals surface area contributed by atoms with Crippen molar-refractivity contribution in [1.29, 1.82) is 0 Å². The molecule has 0 aromatic heterocycles. The molecule has 110 valence electrons. The lowest BCUT2D eigenvalue weighted by Gasteiger charge is -2.21. The second-order valence-electron chi connectivity index (χ2n) is 5.64. The number of likely N-dealkylation sites (tertiary alicyclic amines) is 1. The SMILES string of the molecule is CN(CCCN1CCCC1)C(=O)NC[C@@H]1CCCS1. The molecule has 0 unspecified atom stereocenters. The first-order chi connectivity index (χ1) is 9.25. The minimum absolute atomic E-state index is 0.0916. The molecule has 0 aromatic rings. The van der Waals surface area contributed by atoms with Gasteiger partial charge >= 0.3 is 6.03 Å². The van der Waals surface area contributed by atoms with Gasteiger partial charge in [-0.1, -0.05) is 0 Å². The van der Waals surface area contributed by atoms with E-state index in [0.717, 1.165) is 26.1 Å². The summed E-state index contributed by atoms with van der Waals surface area (Å²) in [6, 6.07) is 0.0916. The molecule has 2 heterocycles. The number of thioether (sulfide) groups is 1. The Hall–Kier alpha value is -0.420. The quantitative estimate of drug-likeness (QED) is 0.811. The predicted octanol–water partition coefficient (Wildman–Crippen LogP) is 2.01. The van der Waals surface area contributed by atoms with Gasteiger partial charge in [0.05, 0.1) is 0 Å². The van der Waals surface area contributed by atoms with Gasteiger partial charge in [0.15, 0.2) is 0 Å². The van der Waals surface area contributed by atoms with Crippen LogP contribution in [0.4, 0.5) is 4.79 Å². The van der Waals surface area contributed by atoms with Crippen molar-refractivity contribution in [2.75, 3.05) is 45.5 Å². The molecule has 0 saturated carbocycles. The normalized spacial score (nSPS) is 23.7. The molecule has 2 aliphatic rings. The molecular weight excluding hydrogens is 258 g/mol. The summed E-state index contributed by atoms with van der Waals surface area (Å²) in [6.45, 7) is 5.32. The van der Waals surface area contributed by atoms with E-state index in [1.807, 2.05) is 23.7 Å². The van der Waals surface area contributed by atoms with E-state index in [9.17, 15) is 4.79 Å². The summed E-state index contributed by atoms with van der Waals surface area (Å²) in [5.41, 5.74) is 0. The van der Waals surface area contributed by atoms with Gasteiger partial charge in [-0.3, -0.25) is 0 Å². The fraction of sp³-hybridized carbons (Fsp3) is 0.929. The van der Waals surface area contributed by atoms with Crippen LogP contribution in [0.5, 0.6) is 0 Å². The van der Waals surface area contributed by atoms with Gasteiger partial charge in [0, 0.05) is 25.4 Å². The van der Waals surface area contributed by atoms with E-state index >= 15 is 0 Å². The zero-order chi connectivity index (χ0) is 13.5. The molecular formula is C14H27N3OS. The minimum Gasteiger partial charge on any atom is -0.337 e. The van der Waals surface area contributed by atoms with Crippen molar-refractivity contribution in [2.45, 2.75) is 37.4 Å². The maximum atomic E-state index is 11.9. The summed E-state index contributed by atoms with van der Waals surface area (Å²) < 4.78 is 0. The Morgan fingerprint density at radius 2 is 2.16 bits per heavy atom. The van der Waals surface area contributed by atoms with Gasteiger partial charge in [-0.2, -0.15) is 11.8 Å². The van der Waals surface area contributed by atoms with Crippen LogP contribution < -0.4 is 5.32 Å². The van der Waals surface area contributed by atoms with Crippen LogP contribution in [-0.4, -0.2) is 66.6 Å². The van der Waals surface area contributed by atoms with Gasteiger partial charge in [0.2, 0.25) is 0 Å². The maximum absolute atomic E-state index is 11.9. The Morgan fingerprint density at radius 3 is 2.84 bits per heavy atom. The molecule has 2 aliphatic heterocycles. The van der Waals surface area contributed by atoms with Gasteiger partial charge < -0.3 is 15.1 Å². The first-order valence-electron chi connectivity index (χ1n) is 7.58. The van der Waals surface area contributed by atoms with Gasteiger partial charge in [0.1, 0.15) is 0 Å². The average Bonchev–Trinajstić information content (AvgIpc) is 3.08. The van der Waals surface area contributed by atoms with E-state index < -0.39 is 0 Å². The summed E-state index contributed by atoms with van der Waals surface area (Å²) in [7, 11) is 1.90.